The maximum absolute atomic E-state index is 13.7. The Morgan fingerprint density at radius 3 is 1.68 bits per heavy atom. The lowest BCUT2D eigenvalue weighted by atomic mass is 9.98. The number of imidazole rings is 2. The zero-order valence-corrected chi connectivity index (χ0v) is 33.9. The van der Waals surface area contributed by atoms with E-state index in [1.54, 1.807) is 11.3 Å². The highest BCUT2D eigenvalue weighted by molar-refractivity contribution is 7.18. The van der Waals surface area contributed by atoms with Crippen molar-refractivity contribution >= 4 is 46.1 Å². The van der Waals surface area contributed by atoms with Crippen molar-refractivity contribution in [2.45, 2.75) is 77.5 Å². The maximum atomic E-state index is 13.7. The molecule has 3 aromatic heterocycles. The predicted molar refractivity (Wildman–Crippen MR) is 218 cm³/mol. The highest BCUT2D eigenvalue weighted by Gasteiger charge is 2.39. The first kappa shape index (κ1) is 39.5. The lowest BCUT2D eigenvalue weighted by Crippen LogP contribution is -2.51. The van der Waals surface area contributed by atoms with E-state index in [9.17, 15) is 19.2 Å². The molecule has 2 aromatic carbocycles. The SMILES string of the molecule is COC(=O)NC(C(=O)N1CCCC1c1ncc(-c2cccc3c(-c4ccc(-c5cnc(C6CCCN6C(=O)[C@@H](NC(=O)OC)C(C)C)[nH]5)s4)cccc23)[nH]1)C(C)C. The van der Waals surface area contributed by atoms with Crippen molar-refractivity contribution in [3.05, 3.63) is 72.6 Å². The number of benzene rings is 2. The number of methoxy groups -OCH3 is 2. The number of likely N-dealkylation sites (tertiary alicyclic amines) is 2. The summed E-state index contributed by atoms with van der Waals surface area (Å²) < 4.78 is 9.56. The summed E-state index contributed by atoms with van der Waals surface area (Å²) in [4.78, 5) is 73.7. The molecule has 0 spiro atoms. The van der Waals surface area contributed by atoms with E-state index in [1.165, 1.54) is 14.2 Å². The quantitative estimate of drug-likeness (QED) is 0.107. The number of thiophene rings is 1. The number of fused-ring (bicyclic) bond motifs is 1. The van der Waals surface area contributed by atoms with Crippen molar-refractivity contribution in [3.63, 3.8) is 0 Å². The molecule has 4 atom stereocenters. The minimum absolute atomic E-state index is 0.112. The van der Waals surface area contributed by atoms with E-state index < -0.39 is 24.3 Å². The van der Waals surface area contributed by atoms with Gasteiger partial charge >= 0.3 is 12.2 Å². The van der Waals surface area contributed by atoms with E-state index in [4.69, 9.17) is 19.4 Å². The summed E-state index contributed by atoms with van der Waals surface area (Å²) in [6, 6.07) is 14.9. The molecule has 2 fully saturated rings. The lowest BCUT2D eigenvalue weighted by molar-refractivity contribution is -0.136. The van der Waals surface area contributed by atoms with Gasteiger partial charge in [-0.05, 0) is 66.0 Å². The van der Waals surface area contributed by atoms with Crippen LogP contribution in [-0.4, -0.2) is 93.1 Å². The Balaban J connectivity index is 1.11. The Kier molecular flexibility index (Phi) is 11.7. The van der Waals surface area contributed by atoms with E-state index in [0.717, 1.165) is 74.5 Å². The molecule has 300 valence electrons. The number of rotatable bonds is 11. The molecule has 4 amide bonds. The Labute approximate surface area is 335 Å². The van der Waals surface area contributed by atoms with Gasteiger partial charge in [-0.2, -0.15) is 0 Å². The van der Waals surface area contributed by atoms with Gasteiger partial charge in [0.15, 0.2) is 0 Å². The molecule has 5 aromatic rings. The number of carbonyl (C=O) groups is 4. The number of nitrogens with zero attached hydrogens (tertiary/aromatic N) is 4. The van der Waals surface area contributed by atoms with Gasteiger partial charge in [0.1, 0.15) is 23.7 Å². The lowest BCUT2D eigenvalue weighted by Gasteiger charge is -2.30. The van der Waals surface area contributed by atoms with Crippen molar-refractivity contribution in [1.29, 1.82) is 0 Å². The second-order valence-electron chi connectivity index (χ2n) is 15.3. The van der Waals surface area contributed by atoms with Crippen LogP contribution in [0.25, 0.3) is 43.0 Å². The van der Waals surface area contributed by atoms with E-state index in [1.807, 2.05) is 56.0 Å². The summed E-state index contributed by atoms with van der Waals surface area (Å²) in [6.07, 6.45) is 5.63. The van der Waals surface area contributed by atoms with Crippen LogP contribution in [-0.2, 0) is 19.1 Å². The number of hydrogen-bond donors (Lipinski definition) is 4. The van der Waals surface area contributed by atoms with Gasteiger partial charge in [-0.1, -0.05) is 64.1 Å². The van der Waals surface area contributed by atoms with Crippen LogP contribution in [0.4, 0.5) is 9.59 Å². The Hall–Kier alpha value is -5.70. The Bertz CT molecular complexity index is 2260. The summed E-state index contributed by atoms with van der Waals surface area (Å²) >= 11 is 1.66. The molecule has 14 nitrogen and oxygen atoms in total. The third-order valence-electron chi connectivity index (χ3n) is 11.0. The van der Waals surface area contributed by atoms with Gasteiger partial charge in [0.05, 0.1) is 55.0 Å². The predicted octanol–water partition coefficient (Wildman–Crippen LogP) is 7.44. The number of ether oxygens (including phenoxy) is 2. The standard InChI is InChI=1S/C42H50N8O6S/c1-23(2)35(47-41(53)55-5)39(51)49-19-9-15-31(49)37-43-21-29(45-37)27-13-7-12-26-25(27)11-8-14-28(26)33-17-18-34(57-33)30-22-44-38(46-30)32-16-10-20-50(32)40(52)36(24(3)4)48-42(54)56-6/h7-8,11-14,17-18,21-24,31-32,35-36H,9-10,15-16,19-20H2,1-6H3,(H,43,45)(H,44,46)(H,47,53)(H,48,54)/t31?,32?,35?,36-/m0/s1. The fourth-order valence-electron chi connectivity index (χ4n) is 8.05. The molecular formula is C42H50N8O6S. The molecule has 0 saturated carbocycles. The van der Waals surface area contributed by atoms with Crippen molar-refractivity contribution in [1.82, 2.24) is 40.4 Å². The molecule has 57 heavy (non-hydrogen) atoms. The molecule has 2 aliphatic rings. The van der Waals surface area contributed by atoms with Crippen LogP contribution >= 0.6 is 11.3 Å². The van der Waals surface area contributed by atoms with Gasteiger partial charge in [0.2, 0.25) is 11.8 Å². The zero-order valence-electron chi connectivity index (χ0n) is 33.1. The van der Waals surface area contributed by atoms with Crippen LogP contribution < -0.4 is 10.6 Å². The molecule has 15 heteroatoms. The second-order valence-corrected chi connectivity index (χ2v) is 16.4. The highest BCUT2D eigenvalue weighted by atomic mass is 32.1. The minimum atomic E-state index is -0.703. The average Bonchev–Trinajstić information content (AvgIpc) is 4.06. The molecule has 0 aliphatic carbocycles. The summed E-state index contributed by atoms with van der Waals surface area (Å²) in [5, 5.41) is 7.58. The molecule has 3 unspecified atom stereocenters. The van der Waals surface area contributed by atoms with Crippen molar-refractivity contribution in [2.24, 2.45) is 11.8 Å². The fraction of sp³-hybridized carbons (Fsp3) is 0.429. The van der Waals surface area contributed by atoms with Gasteiger partial charge in [-0.25, -0.2) is 19.6 Å². The van der Waals surface area contributed by atoms with E-state index >= 15 is 0 Å². The molecule has 2 aliphatic heterocycles. The van der Waals surface area contributed by atoms with Crippen LogP contribution in [0.15, 0.2) is 60.9 Å². The Morgan fingerprint density at radius 1 is 0.684 bits per heavy atom. The number of alkyl carbamates (subject to hydrolysis) is 2. The van der Waals surface area contributed by atoms with E-state index in [0.29, 0.717) is 18.9 Å². The highest BCUT2D eigenvalue weighted by Crippen LogP contribution is 2.41. The third kappa shape index (κ3) is 7.98. The summed E-state index contributed by atoms with van der Waals surface area (Å²) in [5.74, 6) is 0.924. The largest absolute Gasteiger partial charge is 0.453 e. The smallest absolute Gasteiger partial charge is 0.407 e. The molecule has 0 radical (unpaired) electrons. The topological polar surface area (TPSA) is 175 Å². The number of H-pyrrole nitrogens is 2. The van der Waals surface area contributed by atoms with Crippen molar-refractivity contribution < 1.29 is 28.7 Å². The van der Waals surface area contributed by atoms with Gasteiger partial charge in [-0.3, -0.25) is 9.59 Å². The number of nitrogens with one attached hydrogen (secondary N) is 4. The van der Waals surface area contributed by atoms with Gasteiger partial charge in [0, 0.05) is 23.5 Å². The first-order chi connectivity index (χ1) is 27.5. The summed E-state index contributed by atoms with van der Waals surface area (Å²) in [5.41, 5.74) is 3.83. The number of hydrogen-bond acceptors (Lipinski definition) is 9. The first-order valence-corrected chi connectivity index (χ1v) is 20.3. The summed E-state index contributed by atoms with van der Waals surface area (Å²) in [6.45, 7) is 8.79. The average molecular weight is 795 g/mol. The third-order valence-corrected chi connectivity index (χ3v) is 12.2. The normalized spacial score (nSPS) is 18.0. The zero-order chi connectivity index (χ0) is 40.4. The minimum Gasteiger partial charge on any atom is -0.453 e. The van der Waals surface area contributed by atoms with Crippen LogP contribution in [0.2, 0.25) is 0 Å². The van der Waals surface area contributed by atoms with E-state index in [-0.39, 0.29) is 35.7 Å². The maximum Gasteiger partial charge on any atom is 0.407 e. The van der Waals surface area contributed by atoms with Crippen molar-refractivity contribution in [3.8, 4) is 32.3 Å². The van der Waals surface area contributed by atoms with Crippen LogP contribution in [0.1, 0.15) is 77.1 Å². The number of aromatic amines is 2. The van der Waals surface area contributed by atoms with E-state index in [2.05, 4.69) is 63.1 Å². The van der Waals surface area contributed by atoms with Crippen molar-refractivity contribution in [2.75, 3.05) is 27.3 Å². The van der Waals surface area contributed by atoms with Gasteiger partial charge in [-0.15, -0.1) is 11.3 Å². The molecule has 5 heterocycles. The second kappa shape index (κ2) is 16.8. The molecule has 2 saturated heterocycles. The van der Waals surface area contributed by atoms with Crippen LogP contribution in [0, 0.1) is 11.8 Å². The fourth-order valence-corrected chi connectivity index (χ4v) is 9.06. The molecular weight excluding hydrogens is 745 g/mol. The first-order valence-electron chi connectivity index (χ1n) is 19.5. The number of carbonyl (C=O) groups excluding carboxylic acids is 4. The van der Waals surface area contributed by atoms with Gasteiger partial charge in [0.25, 0.3) is 0 Å². The Morgan fingerprint density at radius 2 is 1.16 bits per heavy atom. The summed E-state index contributed by atoms with van der Waals surface area (Å²) in [7, 11) is 2.58. The van der Waals surface area contributed by atoms with Crippen LogP contribution in [0.5, 0.6) is 0 Å². The molecule has 0 bridgehead atoms. The number of aromatic nitrogens is 4. The monoisotopic (exact) mass is 794 g/mol. The molecule has 4 N–H and O–H groups in total. The number of amides is 4. The molecule has 7 rings (SSSR count). The van der Waals surface area contributed by atoms with Crippen LogP contribution in [0.3, 0.4) is 0 Å². The van der Waals surface area contributed by atoms with Gasteiger partial charge < -0.3 is 39.9 Å².